The minimum Gasteiger partial charge on any atom is -0.473 e. The van der Waals surface area contributed by atoms with Crippen molar-refractivity contribution in [2.24, 2.45) is 5.92 Å². The third-order valence-corrected chi connectivity index (χ3v) is 3.88. The Bertz CT molecular complexity index is 436. The quantitative estimate of drug-likeness (QED) is 0.827. The maximum absolute atomic E-state index is 6.12. The first-order valence-electron chi connectivity index (χ1n) is 7.61. The highest BCUT2D eigenvalue weighted by molar-refractivity contribution is 5.66. The zero-order chi connectivity index (χ0) is 14.5. The SMILES string of the molecule is CC(C)Oc1ncnc(NC2CCCCCC2C)c1N. The van der Waals surface area contributed by atoms with Crippen molar-refractivity contribution in [2.45, 2.75) is 65.0 Å². The van der Waals surface area contributed by atoms with Crippen LogP contribution in [0.3, 0.4) is 0 Å². The molecule has 0 spiro atoms. The minimum atomic E-state index is 0.0526. The minimum absolute atomic E-state index is 0.0526. The van der Waals surface area contributed by atoms with Gasteiger partial charge in [-0.1, -0.05) is 26.2 Å². The van der Waals surface area contributed by atoms with Crippen molar-refractivity contribution < 1.29 is 4.74 Å². The summed E-state index contributed by atoms with van der Waals surface area (Å²) in [6.07, 6.45) is 7.91. The summed E-state index contributed by atoms with van der Waals surface area (Å²) in [4.78, 5) is 8.39. The largest absolute Gasteiger partial charge is 0.473 e. The molecule has 112 valence electrons. The Hall–Kier alpha value is -1.52. The standard InChI is InChI=1S/C15H26N4O/c1-10(2)20-15-13(16)14(17-9-18-15)19-12-8-6-4-5-7-11(12)3/h9-12H,4-8,16H2,1-3H3,(H,17,18,19). The van der Waals surface area contributed by atoms with Gasteiger partial charge in [-0.25, -0.2) is 4.98 Å². The number of aromatic nitrogens is 2. The van der Waals surface area contributed by atoms with Crippen LogP contribution < -0.4 is 15.8 Å². The van der Waals surface area contributed by atoms with Crippen molar-refractivity contribution in [2.75, 3.05) is 11.1 Å². The van der Waals surface area contributed by atoms with Crippen LogP contribution in [-0.4, -0.2) is 22.1 Å². The predicted octanol–water partition coefficient (Wildman–Crippen LogP) is 3.23. The Balaban J connectivity index is 2.12. The molecule has 1 fully saturated rings. The van der Waals surface area contributed by atoms with Crippen LogP contribution in [0.5, 0.6) is 5.88 Å². The maximum atomic E-state index is 6.12. The third-order valence-electron chi connectivity index (χ3n) is 3.88. The van der Waals surface area contributed by atoms with Gasteiger partial charge in [0.25, 0.3) is 0 Å². The molecule has 2 atom stereocenters. The summed E-state index contributed by atoms with van der Waals surface area (Å²) in [6, 6.07) is 0.432. The lowest BCUT2D eigenvalue weighted by atomic mass is 9.97. The molecule has 20 heavy (non-hydrogen) atoms. The first-order valence-corrected chi connectivity index (χ1v) is 7.61. The second-order valence-corrected chi connectivity index (χ2v) is 5.97. The van der Waals surface area contributed by atoms with Gasteiger partial charge in [0, 0.05) is 6.04 Å². The smallest absolute Gasteiger partial charge is 0.242 e. The van der Waals surface area contributed by atoms with Crippen LogP contribution in [0.2, 0.25) is 0 Å². The van der Waals surface area contributed by atoms with E-state index in [0.29, 0.717) is 29.3 Å². The van der Waals surface area contributed by atoms with Crippen LogP contribution in [0.1, 0.15) is 52.9 Å². The number of anilines is 2. The zero-order valence-corrected chi connectivity index (χ0v) is 12.7. The molecule has 0 amide bonds. The lowest BCUT2D eigenvalue weighted by Gasteiger charge is -2.24. The highest BCUT2D eigenvalue weighted by Gasteiger charge is 2.21. The van der Waals surface area contributed by atoms with Gasteiger partial charge in [0.1, 0.15) is 12.0 Å². The van der Waals surface area contributed by atoms with E-state index in [-0.39, 0.29) is 6.10 Å². The van der Waals surface area contributed by atoms with E-state index in [0.717, 1.165) is 0 Å². The molecule has 1 heterocycles. The van der Waals surface area contributed by atoms with Crippen molar-refractivity contribution in [3.05, 3.63) is 6.33 Å². The van der Waals surface area contributed by atoms with Gasteiger partial charge in [-0.3, -0.25) is 0 Å². The van der Waals surface area contributed by atoms with Crippen LogP contribution in [-0.2, 0) is 0 Å². The van der Waals surface area contributed by atoms with E-state index in [2.05, 4.69) is 22.2 Å². The van der Waals surface area contributed by atoms with Gasteiger partial charge < -0.3 is 15.8 Å². The molecule has 2 unspecified atom stereocenters. The summed E-state index contributed by atoms with van der Waals surface area (Å²) in [5.74, 6) is 1.81. The molecular formula is C15H26N4O. The molecule has 1 aromatic rings. The normalized spacial score (nSPS) is 23.4. The van der Waals surface area contributed by atoms with Crippen LogP contribution in [0.15, 0.2) is 6.33 Å². The molecule has 1 aliphatic rings. The number of ether oxygens (including phenoxy) is 1. The Morgan fingerprint density at radius 1 is 1.25 bits per heavy atom. The second kappa shape index (κ2) is 6.77. The summed E-state index contributed by atoms with van der Waals surface area (Å²) in [5, 5.41) is 3.50. The molecule has 0 saturated heterocycles. The maximum Gasteiger partial charge on any atom is 0.242 e. The fourth-order valence-electron chi connectivity index (χ4n) is 2.69. The summed E-state index contributed by atoms with van der Waals surface area (Å²) in [7, 11) is 0. The van der Waals surface area contributed by atoms with Gasteiger partial charge in [-0.05, 0) is 32.6 Å². The lowest BCUT2D eigenvalue weighted by Crippen LogP contribution is -2.27. The van der Waals surface area contributed by atoms with Crippen LogP contribution >= 0.6 is 0 Å². The molecule has 0 radical (unpaired) electrons. The average molecular weight is 278 g/mol. The molecule has 5 heteroatoms. The number of hydrogen-bond donors (Lipinski definition) is 2. The van der Waals surface area contributed by atoms with Gasteiger partial charge >= 0.3 is 0 Å². The van der Waals surface area contributed by atoms with E-state index >= 15 is 0 Å². The van der Waals surface area contributed by atoms with E-state index in [1.165, 1.54) is 38.4 Å². The Kier molecular flexibility index (Phi) is 5.04. The van der Waals surface area contributed by atoms with E-state index in [4.69, 9.17) is 10.5 Å². The fourth-order valence-corrected chi connectivity index (χ4v) is 2.69. The third kappa shape index (κ3) is 3.74. The number of nitrogens with zero attached hydrogens (tertiary/aromatic N) is 2. The predicted molar refractivity (Wildman–Crippen MR) is 81.9 cm³/mol. The van der Waals surface area contributed by atoms with Crippen LogP contribution in [0, 0.1) is 5.92 Å². The van der Waals surface area contributed by atoms with Crippen LogP contribution in [0.25, 0.3) is 0 Å². The van der Waals surface area contributed by atoms with Gasteiger partial charge in [0.2, 0.25) is 5.88 Å². The van der Waals surface area contributed by atoms with Crippen molar-refractivity contribution >= 4 is 11.5 Å². The van der Waals surface area contributed by atoms with Crippen LogP contribution in [0.4, 0.5) is 11.5 Å². The fraction of sp³-hybridized carbons (Fsp3) is 0.733. The number of nitrogen functional groups attached to an aromatic ring is 1. The zero-order valence-electron chi connectivity index (χ0n) is 12.7. The Labute approximate surface area is 121 Å². The monoisotopic (exact) mass is 278 g/mol. The first kappa shape index (κ1) is 14.9. The molecule has 1 saturated carbocycles. The highest BCUT2D eigenvalue weighted by Crippen LogP contribution is 2.30. The van der Waals surface area contributed by atoms with Crippen molar-refractivity contribution in [1.29, 1.82) is 0 Å². The van der Waals surface area contributed by atoms with Gasteiger partial charge in [0.05, 0.1) is 6.10 Å². The van der Waals surface area contributed by atoms with E-state index in [1.54, 1.807) is 0 Å². The highest BCUT2D eigenvalue weighted by atomic mass is 16.5. The first-order chi connectivity index (χ1) is 9.58. The van der Waals surface area contributed by atoms with Crippen molar-refractivity contribution in [3.63, 3.8) is 0 Å². The van der Waals surface area contributed by atoms with E-state index < -0.39 is 0 Å². The lowest BCUT2D eigenvalue weighted by molar-refractivity contribution is 0.234. The molecular weight excluding hydrogens is 252 g/mol. The molecule has 1 aliphatic carbocycles. The van der Waals surface area contributed by atoms with Gasteiger partial charge in [-0.2, -0.15) is 4.98 Å². The van der Waals surface area contributed by atoms with Gasteiger partial charge in [0.15, 0.2) is 5.82 Å². The topological polar surface area (TPSA) is 73.1 Å². The average Bonchev–Trinajstić information content (AvgIpc) is 2.59. The summed E-state index contributed by atoms with van der Waals surface area (Å²) < 4.78 is 5.61. The Morgan fingerprint density at radius 3 is 2.75 bits per heavy atom. The second-order valence-electron chi connectivity index (χ2n) is 5.97. The van der Waals surface area contributed by atoms with E-state index in [1.807, 2.05) is 13.8 Å². The summed E-state index contributed by atoms with van der Waals surface area (Å²) in [5.41, 5.74) is 6.63. The molecule has 0 aromatic carbocycles. The summed E-state index contributed by atoms with van der Waals surface area (Å²) >= 11 is 0. The number of nitrogens with two attached hydrogens (primary N) is 1. The number of nitrogens with one attached hydrogen (secondary N) is 1. The van der Waals surface area contributed by atoms with Crippen molar-refractivity contribution in [3.8, 4) is 5.88 Å². The molecule has 0 aliphatic heterocycles. The number of hydrogen-bond acceptors (Lipinski definition) is 5. The van der Waals surface area contributed by atoms with E-state index in [9.17, 15) is 0 Å². The molecule has 3 N–H and O–H groups in total. The Morgan fingerprint density at radius 2 is 2.00 bits per heavy atom. The molecule has 5 nitrogen and oxygen atoms in total. The molecule has 0 bridgehead atoms. The number of rotatable bonds is 4. The van der Waals surface area contributed by atoms with Crippen molar-refractivity contribution in [1.82, 2.24) is 9.97 Å². The molecule has 2 rings (SSSR count). The van der Waals surface area contributed by atoms with Gasteiger partial charge in [-0.15, -0.1) is 0 Å². The molecule has 1 aromatic heterocycles. The summed E-state index contributed by atoms with van der Waals surface area (Å²) in [6.45, 7) is 6.22.